The van der Waals surface area contributed by atoms with Crippen molar-refractivity contribution in [3.63, 3.8) is 0 Å². The number of rotatable bonds is 41. The summed E-state index contributed by atoms with van der Waals surface area (Å²) in [6.45, 7) is 4.24. The van der Waals surface area contributed by atoms with E-state index in [9.17, 15) is 39.8 Å². The van der Waals surface area contributed by atoms with E-state index >= 15 is 0 Å². The Hall–Kier alpha value is -1.44. The summed E-state index contributed by atoms with van der Waals surface area (Å²) in [5.41, 5.74) is 0. The summed E-state index contributed by atoms with van der Waals surface area (Å²) in [4.78, 5) is 23.2. The number of unbranched alkanes of at least 4 members (excludes halogenated alkanes) is 23. The fourth-order valence-electron chi connectivity index (χ4n) is 7.36. The lowest BCUT2D eigenvalue weighted by Gasteiger charge is -2.41. The summed E-state index contributed by atoms with van der Waals surface area (Å²) in [6.07, 6.45) is 33.6. The number of hydrogen-bond donors (Lipinski definition) is 6. The zero-order chi connectivity index (χ0) is 44.8. The van der Waals surface area contributed by atoms with Crippen molar-refractivity contribution in [3.05, 3.63) is 36.5 Å². The molecule has 0 amide bonds. The van der Waals surface area contributed by atoms with Gasteiger partial charge in [-0.05, 0) is 51.4 Å². The standard InChI is InChI=1S/C48H89O12P/c1-3-5-7-9-11-13-15-16-17-18-19-20-21-22-23-24-25-26-27-29-31-33-35-37-42(49)59-41(39-57-38-36-34-32-30-28-14-12-10-8-6-4-2)40-58-61(55,56)60-48-46(53)44(51)43(50)45(52)47(48)54/h15-16,18-19,21-22,41,43-48,50-54H,3-14,17,20,23-40H2,1-2H3,(H,55,56)/b16-15-,19-18-,22-21-. The van der Waals surface area contributed by atoms with E-state index in [0.717, 1.165) is 64.2 Å². The fourth-order valence-corrected chi connectivity index (χ4v) is 8.34. The lowest BCUT2D eigenvalue weighted by atomic mass is 9.85. The number of carbonyl (C=O) groups is 1. The molecule has 6 N–H and O–H groups in total. The van der Waals surface area contributed by atoms with Crippen LogP contribution >= 0.6 is 7.82 Å². The summed E-state index contributed by atoms with van der Waals surface area (Å²) < 4.78 is 34.2. The van der Waals surface area contributed by atoms with E-state index in [1.807, 2.05) is 0 Å². The molecular formula is C48H89O12P. The van der Waals surface area contributed by atoms with Gasteiger partial charge in [-0.2, -0.15) is 0 Å². The summed E-state index contributed by atoms with van der Waals surface area (Å²) in [7, 11) is -5.02. The number of hydrogen-bond acceptors (Lipinski definition) is 11. The first kappa shape index (κ1) is 57.6. The Bertz CT molecular complexity index is 1150. The molecule has 0 bridgehead atoms. The summed E-state index contributed by atoms with van der Waals surface area (Å²) in [5.74, 6) is -0.483. The van der Waals surface area contributed by atoms with Gasteiger partial charge in [0.15, 0.2) is 0 Å². The minimum absolute atomic E-state index is 0.0775. The average molecular weight is 889 g/mol. The molecule has 6 atom stereocenters. The Balaban J connectivity index is 2.33. The Kier molecular flexibility index (Phi) is 36.8. The molecule has 0 aromatic heterocycles. The van der Waals surface area contributed by atoms with Crippen LogP contribution in [-0.4, -0.2) is 98.9 Å². The Labute approximate surface area is 370 Å². The van der Waals surface area contributed by atoms with Crippen LogP contribution in [0.4, 0.5) is 0 Å². The SMILES string of the molecule is CCCCCCC/C=C\C/C=C\C/C=C\CCCCCCCCCCC(=O)OC(COCCCCCCCCCCCCC)COP(=O)(O)OC1C(O)C(O)C(O)C(O)C1O. The number of phosphoric ester groups is 1. The van der Waals surface area contributed by atoms with Crippen LogP contribution in [-0.2, 0) is 27.9 Å². The molecule has 13 heteroatoms. The molecule has 0 heterocycles. The smallest absolute Gasteiger partial charge is 0.457 e. The number of carbonyl (C=O) groups excluding carboxylic acids is 1. The van der Waals surface area contributed by atoms with Crippen molar-refractivity contribution in [1.29, 1.82) is 0 Å². The van der Waals surface area contributed by atoms with Gasteiger partial charge in [-0.3, -0.25) is 13.8 Å². The molecular weight excluding hydrogens is 799 g/mol. The first-order valence-corrected chi connectivity index (χ1v) is 25.8. The van der Waals surface area contributed by atoms with Gasteiger partial charge >= 0.3 is 13.8 Å². The van der Waals surface area contributed by atoms with Gasteiger partial charge in [0.2, 0.25) is 0 Å². The fraction of sp³-hybridized carbons (Fsp3) is 0.854. The molecule has 1 aliphatic carbocycles. The number of aliphatic hydroxyl groups is 5. The molecule has 0 aromatic rings. The van der Waals surface area contributed by atoms with Crippen LogP contribution in [0.3, 0.4) is 0 Å². The molecule has 12 nitrogen and oxygen atoms in total. The molecule has 1 saturated carbocycles. The van der Waals surface area contributed by atoms with Crippen molar-refractivity contribution in [1.82, 2.24) is 0 Å². The number of esters is 1. The molecule has 358 valence electrons. The van der Waals surface area contributed by atoms with E-state index in [-0.39, 0.29) is 13.0 Å². The molecule has 1 rings (SSSR count). The lowest BCUT2D eigenvalue weighted by molar-refractivity contribution is -0.220. The van der Waals surface area contributed by atoms with Gasteiger partial charge in [0.25, 0.3) is 0 Å². The van der Waals surface area contributed by atoms with Crippen LogP contribution < -0.4 is 0 Å². The Morgan fingerprint density at radius 3 is 1.39 bits per heavy atom. The molecule has 1 aliphatic rings. The molecule has 0 saturated heterocycles. The predicted octanol–water partition coefficient (Wildman–Crippen LogP) is 10.3. The van der Waals surface area contributed by atoms with Gasteiger partial charge in [-0.15, -0.1) is 0 Å². The van der Waals surface area contributed by atoms with Gasteiger partial charge in [-0.25, -0.2) is 4.57 Å². The highest BCUT2D eigenvalue weighted by Crippen LogP contribution is 2.47. The second-order valence-corrected chi connectivity index (χ2v) is 18.4. The second-order valence-electron chi connectivity index (χ2n) is 17.0. The van der Waals surface area contributed by atoms with Gasteiger partial charge in [0, 0.05) is 13.0 Å². The first-order chi connectivity index (χ1) is 29.5. The summed E-state index contributed by atoms with van der Waals surface area (Å²) >= 11 is 0. The molecule has 0 aliphatic heterocycles. The molecule has 0 aromatic carbocycles. The normalized spacial score (nSPS) is 22.4. The number of phosphoric acid groups is 1. The number of ether oxygens (including phenoxy) is 2. The van der Waals surface area contributed by atoms with Crippen LogP contribution in [0.25, 0.3) is 0 Å². The van der Waals surface area contributed by atoms with E-state index < -0.39 is 63.1 Å². The molecule has 1 fully saturated rings. The maximum atomic E-state index is 12.8. The highest BCUT2D eigenvalue weighted by atomic mass is 31.2. The van der Waals surface area contributed by atoms with Crippen molar-refractivity contribution in [3.8, 4) is 0 Å². The zero-order valence-corrected chi connectivity index (χ0v) is 39.1. The Morgan fingerprint density at radius 2 is 0.918 bits per heavy atom. The van der Waals surface area contributed by atoms with Crippen molar-refractivity contribution in [2.24, 2.45) is 0 Å². The van der Waals surface area contributed by atoms with Crippen LogP contribution in [0.5, 0.6) is 0 Å². The van der Waals surface area contributed by atoms with Crippen molar-refractivity contribution >= 4 is 13.8 Å². The quantitative estimate of drug-likeness (QED) is 0.0148. The zero-order valence-electron chi connectivity index (χ0n) is 38.2. The van der Waals surface area contributed by atoms with E-state index in [1.54, 1.807) is 0 Å². The Morgan fingerprint density at radius 1 is 0.525 bits per heavy atom. The monoisotopic (exact) mass is 889 g/mol. The van der Waals surface area contributed by atoms with Gasteiger partial charge in [0.05, 0.1) is 13.2 Å². The van der Waals surface area contributed by atoms with Crippen LogP contribution in [0.15, 0.2) is 36.5 Å². The van der Waals surface area contributed by atoms with Crippen LogP contribution in [0.2, 0.25) is 0 Å². The van der Waals surface area contributed by atoms with E-state index in [2.05, 4.69) is 50.3 Å². The number of aliphatic hydroxyl groups excluding tert-OH is 5. The van der Waals surface area contributed by atoms with E-state index in [1.165, 1.54) is 109 Å². The third-order valence-electron chi connectivity index (χ3n) is 11.3. The van der Waals surface area contributed by atoms with Crippen LogP contribution in [0.1, 0.15) is 200 Å². The molecule has 0 spiro atoms. The summed E-state index contributed by atoms with van der Waals surface area (Å²) in [5, 5.41) is 50.2. The number of allylic oxidation sites excluding steroid dienone is 6. The third-order valence-corrected chi connectivity index (χ3v) is 12.3. The largest absolute Gasteiger partial charge is 0.472 e. The van der Waals surface area contributed by atoms with Crippen molar-refractivity contribution in [2.45, 2.75) is 243 Å². The predicted molar refractivity (Wildman–Crippen MR) is 244 cm³/mol. The third kappa shape index (κ3) is 31.1. The van der Waals surface area contributed by atoms with Gasteiger partial charge in [0.1, 0.15) is 42.7 Å². The van der Waals surface area contributed by atoms with Gasteiger partial charge < -0.3 is 39.9 Å². The second kappa shape index (κ2) is 39.0. The minimum atomic E-state index is -5.02. The minimum Gasteiger partial charge on any atom is -0.457 e. The van der Waals surface area contributed by atoms with Gasteiger partial charge in [-0.1, -0.05) is 179 Å². The van der Waals surface area contributed by atoms with Crippen molar-refractivity contribution in [2.75, 3.05) is 19.8 Å². The van der Waals surface area contributed by atoms with E-state index in [0.29, 0.717) is 13.0 Å². The first-order valence-electron chi connectivity index (χ1n) is 24.3. The molecule has 0 radical (unpaired) electrons. The van der Waals surface area contributed by atoms with E-state index in [4.69, 9.17) is 18.5 Å². The molecule has 61 heavy (non-hydrogen) atoms. The van der Waals surface area contributed by atoms with Crippen LogP contribution in [0, 0.1) is 0 Å². The average Bonchev–Trinajstić information content (AvgIpc) is 3.24. The molecule has 6 unspecified atom stereocenters. The maximum absolute atomic E-state index is 12.8. The maximum Gasteiger partial charge on any atom is 0.472 e. The highest BCUT2D eigenvalue weighted by Gasteiger charge is 2.51. The lowest BCUT2D eigenvalue weighted by Crippen LogP contribution is -2.64. The summed E-state index contributed by atoms with van der Waals surface area (Å²) in [6, 6.07) is 0. The topological polar surface area (TPSA) is 192 Å². The van der Waals surface area contributed by atoms with Crippen molar-refractivity contribution < 1.29 is 58.3 Å². The highest BCUT2D eigenvalue weighted by molar-refractivity contribution is 7.47.